The molecule has 4 aromatic rings. The van der Waals surface area contributed by atoms with Gasteiger partial charge in [0.15, 0.2) is 0 Å². The molecule has 128 valence electrons. The summed E-state index contributed by atoms with van der Waals surface area (Å²) in [5.74, 6) is 0.349. The Balaban J connectivity index is 1.60. The highest BCUT2D eigenvalue weighted by Crippen LogP contribution is 2.37. The van der Waals surface area contributed by atoms with Crippen LogP contribution in [0.25, 0.3) is 22.2 Å². The Labute approximate surface area is 156 Å². The van der Waals surface area contributed by atoms with E-state index in [4.69, 9.17) is 0 Å². The van der Waals surface area contributed by atoms with Gasteiger partial charge in [0.25, 0.3) is 0 Å². The summed E-state index contributed by atoms with van der Waals surface area (Å²) in [5.41, 5.74) is 4.08. The van der Waals surface area contributed by atoms with Crippen molar-refractivity contribution in [3.63, 3.8) is 0 Å². The Kier molecular flexibility index (Phi) is 4.75. The smallest absolute Gasteiger partial charge is 0.234 e. The molecule has 0 radical (unpaired) electrons. The Morgan fingerprint density at radius 3 is 2.27 bits per heavy atom. The highest BCUT2D eigenvalue weighted by molar-refractivity contribution is 8.00. The first-order valence-electron chi connectivity index (χ1n) is 8.45. The van der Waals surface area contributed by atoms with E-state index >= 15 is 0 Å². The fraction of sp³-hybridized carbons (Fsp3) is 0.0455. The normalized spacial score (nSPS) is 10.8. The summed E-state index contributed by atoms with van der Waals surface area (Å²) in [6.45, 7) is 0. The van der Waals surface area contributed by atoms with Gasteiger partial charge in [-0.3, -0.25) is 4.79 Å². The molecule has 3 aromatic carbocycles. The molecular weight excluding hydrogens is 340 g/mol. The van der Waals surface area contributed by atoms with E-state index in [1.807, 2.05) is 60.7 Å². The average molecular weight is 358 g/mol. The number of benzene rings is 3. The summed E-state index contributed by atoms with van der Waals surface area (Å²) in [4.78, 5) is 17.0. The molecule has 2 N–H and O–H groups in total. The van der Waals surface area contributed by atoms with Crippen molar-refractivity contribution in [2.75, 3.05) is 11.1 Å². The highest BCUT2D eigenvalue weighted by atomic mass is 32.2. The number of nitrogens with one attached hydrogen (secondary N) is 2. The predicted molar refractivity (Wildman–Crippen MR) is 110 cm³/mol. The van der Waals surface area contributed by atoms with Crippen LogP contribution < -0.4 is 5.32 Å². The predicted octanol–water partition coefficient (Wildman–Crippen LogP) is 5.57. The molecule has 4 rings (SSSR count). The third-order valence-electron chi connectivity index (χ3n) is 4.13. The zero-order valence-corrected chi connectivity index (χ0v) is 14.9. The van der Waals surface area contributed by atoms with E-state index in [-0.39, 0.29) is 5.91 Å². The first-order valence-corrected chi connectivity index (χ1v) is 9.43. The van der Waals surface area contributed by atoms with Crippen LogP contribution in [-0.4, -0.2) is 16.6 Å². The molecule has 0 saturated heterocycles. The number of aromatic amines is 1. The van der Waals surface area contributed by atoms with E-state index in [0.29, 0.717) is 5.75 Å². The minimum Gasteiger partial charge on any atom is -0.354 e. The Morgan fingerprint density at radius 1 is 0.846 bits per heavy atom. The summed E-state index contributed by atoms with van der Waals surface area (Å²) in [6, 6.07) is 28.0. The summed E-state index contributed by atoms with van der Waals surface area (Å²) in [7, 11) is 0. The fourth-order valence-electron chi connectivity index (χ4n) is 2.93. The van der Waals surface area contributed by atoms with Gasteiger partial charge >= 0.3 is 0 Å². The van der Waals surface area contributed by atoms with E-state index in [1.54, 1.807) is 11.8 Å². The molecule has 4 heteroatoms. The van der Waals surface area contributed by atoms with Gasteiger partial charge in [-0.15, -0.1) is 11.8 Å². The Morgan fingerprint density at radius 2 is 1.50 bits per heavy atom. The maximum atomic E-state index is 12.3. The van der Waals surface area contributed by atoms with Gasteiger partial charge in [0.1, 0.15) is 0 Å². The number of para-hydroxylation sites is 2. The van der Waals surface area contributed by atoms with E-state index in [9.17, 15) is 4.79 Å². The van der Waals surface area contributed by atoms with Crippen LogP contribution in [0.2, 0.25) is 0 Å². The maximum Gasteiger partial charge on any atom is 0.234 e. The lowest BCUT2D eigenvalue weighted by molar-refractivity contribution is -0.113. The number of fused-ring (bicyclic) bond motifs is 1. The standard InChI is InChI=1S/C22H18N2OS/c25-20(23-17-11-5-2-6-12-17)15-26-22-18-13-7-8-14-19(18)24-21(22)16-9-3-1-4-10-16/h1-14,24H,15H2,(H,23,25). The third kappa shape index (κ3) is 3.51. The second-order valence-electron chi connectivity index (χ2n) is 5.94. The van der Waals surface area contributed by atoms with E-state index < -0.39 is 0 Å². The van der Waals surface area contributed by atoms with E-state index in [0.717, 1.165) is 32.7 Å². The fourth-order valence-corrected chi connectivity index (χ4v) is 3.92. The van der Waals surface area contributed by atoms with Crippen LogP contribution in [0.1, 0.15) is 0 Å². The molecule has 1 heterocycles. The first-order chi connectivity index (χ1) is 12.8. The van der Waals surface area contributed by atoms with Gasteiger partial charge < -0.3 is 10.3 Å². The topological polar surface area (TPSA) is 44.9 Å². The molecule has 1 aromatic heterocycles. The number of anilines is 1. The van der Waals surface area contributed by atoms with E-state index in [2.05, 4.69) is 34.6 Å². The number of carbonyl (C=O) groups is 1. The van der Waals surface area contributed by atoms with E-state index in [1.165, 1.54) is 0 Å². The molecule has 0 aliphatic rings. The highest BCUT2D eigenvalue weighted by Gasteiger charge is 2.15. The van der Waals surface area contributed by atoms with Crippen LogP contribution >= 0.6 is 11.8 Å². The minimum absolute atomic E-state index is 0.00880. The van der Waals surface area contributed by atoms with Gasteiger partial charge in [0.2, 0.25) is 5.91 Å². The molecule has 0 bridgehead atoms. The lowest BCUT2D eigenvalue weighted by atomic mass is 10.1. The number of hydrogen-bond donors (Lipinski definition) is 2. The van der Waals surface area contributed by atoms with Crippen molar-refractivity contribution >= 4 is 34.3 Å². The van der Waals surface area contributed by atoms with Crippen LogP contribution in [0.15, 0.2) is 89.8 Å². The zero-order valence-electron chi connectivity index (χ0n) is 14.1. The van der Waals surface area contributed by atoms with Crippen LogP contribution in [-0.2, 0) is 4.79 Å². The number of H-pyrrole nitrogens is 1. The van der Waals surface area contributed by atoms with Crippen molar-refractivity contribution in [3.8, 4) is 11.3 Å². The maximum absolute atomic E-state index is 12.3. The van der Waals surface area contributed by atoms with Crippen molar-refractivity contribution < 1.29 is 4.79 Å². The lowest BCUT2D eigenvalue weighted by Gasteiger charge is -2.07. The number of rotatable bonds is 5. The van der Waals surface area contributed by atoms with Gasteiger partial charge in [0.05, 0.1) is 11.4 Å². The largest absolute Gasteiger partial charge is 0.354 e. The summed E-state index contributed by atoms with van der Waals surface area (Å²) < 4.78 is 0. The molecule has 0 saturated carbocycles. The van der Waals surface area contributed by atoms with Gasteiger partial charge in [-0.1, -0.05) is 66.7 Å². The number of carbonyl (C=O) groups excluding carboxylic acids is 1. The average Bonchev–Trinajstić information content (AvgIpc) is 3.06. The molecule has 0 fully saturated rings. The van der Waals surface area contributed by atoms with Crippen molar-refractivity contribution in [1.82, 2.24) is 4.98 Å². The van der Waals surface area contributed by atoms with Gasteiger partial charge in [-0.2, -0.15) is 0 Å². The first kappa shape index (κ1) is 16.5. The minimum atomic E-state index is -0.00880. The summed E-state index contributed by atoms with van der Waals surface area (Å²) in [6.07, 6.45) is 0. The van der Waals surface area contributed by atoms with Crippen molar-refractivity contribution in [1.29, 1.82) is 0 Å². The molecule has 0 aliphatic carbocycles. The molecule has 0 atom stereocenters. The Bertz CT molecular complexity index is 1030. The van der Waals surface area contributed by atoms with Crippen molar-refractivity contribution in [2.45, 2.75) is 4.90 Å². The number of amides is 1. The SMILES string of the molecule is O=C(CSc1c(-c2ccccc2)[nH]c2ccccc12)Nc1ccccc1. The van der Waals surface area contributed by atoms with Crippen LogP contribution in [0.5, 0.6) is 0 Å². The van der Waals surface area contributed by atoms with Gasteiger partial charge in [0, 0.05) is 21.5 Å². The lowest BCUT2D eigenvalue weighted by Crippen LogP contribution is -2.13. The second kappa shape index (κ2) is 7.50. The molecule has 26 heavy (non-hydrogen) atoms. The molecule has 0 unspecified atom stereocenters. The summed E-state index contributed by atoms with van der Waals surface area (Å²) >= 11 is 1.56. The van der Waals surface area contributed by atoms with Gasteiger partial charge in [-0.25, -0.2) is 0 Å². The summed E-state index contributed by atoms with van der Waals surface area (Å²) in [5, 5.41) is 4.08. The quantitative estimate of drug-likeness (QED) is 0.458. The third-order valence-corrected chi connectivity index (χ3v) is 5.25. The van der Waals surface area contributed by atoms with Crippen LogP contribution in [0.3, 0.4) is 0 Å². The molecular formula is C22H18N2OS. The second-order valence-corrected chi connectivity index (χ2v) is 6.93. The van der Waals surface area contributed by atoms with Gasteiger partial charge in [-0.05, 0) is 23.8 Å². The van der Waals surface area contributed by atoms with Crippen molar-refractivity contribution in [2.24, 2.45) is 0 Å². The Hall–Kier alpha value is -2.98. The number of thioether (sulfide) groups is 1. The van der Waals surface area contributed by atoms with Crippen LogP contribution in [0.4, 0.5) is 5.69 Å². The number of hydrogen-bond acceptors (Lipinski definition) is 2. The molecule has 0 spiro atoms. The van der Waals surface area contributed by atoms with Crippen LogP contribution in [0, 0.1) is 0 Å². The molecule has 0 aliphatic heterocycles. The number of aromatic nitrogens is 1. The molecule has 1 amide bonds. The monoisotopic (exact) mass is 358 g/mol. The molecule has 3 nitrogen and oxygen atoms in total. The van der Waals surface area contributed by atoms with Crippen molar-refractivity contribution in [3.05, 3.63) is 84.9 Å². The zero-order chi connectivity index (χ0) is 17.8.